The molecule has 0 aliphatic carbocycles. The van der Waals surface area contributed by atoms with Gasteiger partial charge in [0, 0.05) is 11.1 Å². The minimum Gasteiger partial charge on any atom is -0.459 e. The van der Waals surface area contributed by atoms with Crippen LogP contribution in [0.5, 0.6) is 0 Å². The van der Waals surface area contributed by atoms with Crippen molar-refractivity contribution in [2.45, 2.75) is 19.3 Å². The Morgan fingerprint density at radius 1 is 1.27 bits per heavy atom. The predicted octanol–water partition coefficient (Wildman–Crippen LogP) is 3.37. The third-order valence-corrected chi connectivity index (χ3v) is 3.54. The van der Waals surface area contributed by atoms with E-state index in [2.05, 4.69) is 24.8 Å². The van der Waals surface area contributed by atoms with Gasteiger partial charge in [0.25, 0.3) is 0 Å². The van der Waals surface area contributed by atoms with Crippen molar-refractivity contribution in [1.82, 2.24) is 0 Å². The van der Waals surface area contributed by atoms with Crippen LogP contribution < -0.4 is 0 Å². The van der Waals surface area contributed by atoms with Gasteiger partial charge in [0.15, 0.2) is 6.29 Å². The van der Waals surface area contributed by atoms with E-state index in [-0.39, 0.29) is 12.7 Å². The highest BCUT2D eigenvalue weighted by atomic mass is 16.7. The summed E-state index contributed by atoms with van der Waals surface area (Å²) < 4.78 is 16.6. The zero-order chi connectivity index (χ0) is 15.5. The number of hydrogen-bond acceptors (Lipinski definition) is 4. The Balaban J connectivity index is 1.64. The van der Waals surface area contributed by atoms with Crippen LogP contribution in [0, 0.1) is 0 Å². The molecular weight excluding hydrogens is 280 g/mol. The van der Waals surface area contributed by atoms with E-state index in [9.17, 15) is 4.79 Å². The molecule has 0 amide bonds. The molecule has 1 aliphatic rings. The summed E-state index contributed by atoms with van der Waals surface area (Å²) in [4.78, 5) is 11.4. The first-order chi connectivity index (χ1) is 10.6. The Morgan fingerprint density at radius 3 is 2.82 bits per heavy atom. The second-order valence-electron chi connectivity index (χ2n) is 5.41. The predicted molar refractivity (Wildman–Crippen MR) is 83.3 cm³/mol. The van der Waals surface area contributed by atoms with E-state index >= 15 is 0 Å². The first-order valence-corrected chi connectivity index (χ1v) is 7.22. The number of carbonyl (C=O) groups is 1. The van der Waals surface area contributed by atoms with Crippen molar-refractivity contribution in [3.8, 4) is 0 Å². The molecule has 2 aromatic rings. The lowest BCUT2D eigenvalue weighted by atomic mass is 10.1. The van der Waals surface area contributed by atoms with E-state index in [1.165, 1.54) is 5.39 Å². The summed E-state index contributed by atoms with van der Waals surface area (Å²) in [7, 11) is 0. The van der Waals surface area contributed by atoms with Crippen LogP contribution in [0.3, 0.4) is 0 Å². The van der Waals surface area contributed by atoms with Gasteiger partial charge in [-0.15, -0.1) is 0 Å². The maximum atomic E-state index is 11.4. The van der Waals surface area contributed by atoms with Crippen molar-refractivity contribution in [2.75, 3.05) is 13.2 Å². The average Bonchev–Trinajstić information content (AvgIpc) is 3.01. The minimum atomic E-state index is -0.418. The number of benzene rings is 2. The number of hydrogen-bond donors (Lipinski definition) is 0. The van der Waals surface area contributed by atoms with Gasteiger partial charge in [-0.05, 0) is 23.8 Å². The maximum Gasteiger partial charge on any atom is 0.333 e. The molecule has 1 aliphatic heterocycles. The quantitative estimate of drug-likeness (QED) is 0.641. The highest BCUT2D eigenvalue weighted by Gasteiger charge is 2.28. The SMILES string of the molecule is C=C(C)C(=O)OCC1COC(c2ccc3ccccc3c2)O1. The second kappa shape index (κ2) is 6.30. The van der Waals surface area contributed by atoms with E-state index in [0.29, 0.717) is 12.2 Å². The number of carbonyl (C=O) groups excluding carboxylic acids is 1. The van der Waals surface area contributed by atoms with E-state index in [0.717, 1.165) is 10.9 Å². The molecule has 4 nitrogen and oxygen atoms in total. The lowest BCUT2D eigenvalue weighted by molar-refractivity contribution is -0.143. The smallest absolute Gasteiger partial charge is 0.333 e. The van der Waals surface area contributed by atoms with Crippen LogP contribution in [0.1, 0.15) is 18.8 Å². The van der Waals surface area contributed by atoms with Gasteiger partial charge in [-0.2, -0.15) is 0 Å². The van der Waals surface area contributed by atoms with E-state index in [4.69, 9.17) is 14.2 Å². The van der Waals surface area contributed by atoms with Gasteiger partial charge in [-0.25, -0.2) is 4.79 Å². The Morgan fingerprint density at radius 2 is 2.05 bits per heavy atom. The van der Waals surface area contributed by atoms with Gasteiger partial charge in [-0.3, -0.25) is 0 Å². The lowest BCUT2D eigenvalue weighted by Gasteiger charge is -2.13. The Kier molecular flexibility index (Phi) is 4.22. The molecule has 0 bridgehead atoms. The maximum absolute atomic E-state index is 11.4. The molecule has 1 heterocycles. The Labute approximate surface area is 129 Å². The molecule has 0 spiro atoms. The summed E-state index contributed by atoms with van der Waals surface area (Å²) in [5, 5.41) is 2.32. The third kappa shape index (κ3) is 3.18. The van der Waals surface area contributed by atoms with E-state index in [1.807, 2.05) is 24.3 Å². The number of ether oxygens (including phenoxy) is 3. The van der Waals surface area contributed by atoms with Crippen molar-refractivity contribution in [2.24, 2.45) is 0 Å². The number of rotatable bonds is 4. The first kappa shape index (κ1) is 14.8. The molecule has 114 valence electrons. The monoisotopic (exact) mass is 298 g/mol. The highest BCUT2D eigenvalue weighted by Crippen LogP contribution is 2.29. The van der Waals surface area contributed by atoms with Crippen LogP contribution in [0.4, 0.5) is 0 Å². The molecular formula is C18H18O4. The standard InChI is InChI=1S/C18H18O4/c1-12(2)17(19)20-10-16-11-21-18(22-16)15-8-7-13-5-3-4-6-14(13)9-15/h3-9,16,18H,1,10-11H2,2H3. The van der Waals surface area contributed by atoms with Gasteiger partial charge in [0.05, 0.1) is 6.61 Å². The molecule has 2 unspecified atom stereocenters. The molecule has 1 saturated heterocycles. The summed E-state index contributed by atoms with van der Waals surface area (Å²) in [6.45, 7) is 5.74. The van der Waals surface area contributed by atoms with Crippen LogP contribution >= 0.6 is 0 Å². The number of esters is 1. The Bertz CT molecular complexity index is 707. The van der Waals surface area contributed by atoms with Crippen molar-refractivity contribution < 1.29 is 19.0 Å². The van der Waals surface area contributed by atoms with Crippen molar-refractivity contribution in [3.63, 3.8) is 0 Å². The van der Waals surface area contributed by atoms with Crippen LogP contribution in [-0.4, -0.2) is 25.3 Å². The summed E-state index contributed by atoms with van der Waals surface area (Å²) in [6.07, 6.45) is -0.669. The zero-order valence-corrected chi connectivity index (χ0v) is 12.5. The second-order valence-corrected chi connectivity index (χ2v) is 5.41. The summed E-state index contributed by atoms with van der Waals surface area (Å²) >= 11 is 0. The van der Waals surface area contributed by atoms with Crippen LogP contribution in [0.15, 0.2) is 54.6 Å². The fourth-order valence-electron chi connectivity index (χ4n) is 2.36. The Hall–Kier alpha value is -2.17. The average molecular weight is 298 g/mol. The molecule has 3 rings (SSSR count). The first-order valence-electron chi connectivity index (χ1n) is 7.22. The lowest BCUT2D eigenvalue weighted by Crippen LogP contribution is -2.20. The van der Waals surface area contributed by atoms with Gasteiger partial charge in [0.2, 0.25) is 0 Å². The molecule has 0 aromatic heterocycles. The molecule has 0 saturated carbocycles. The molecule has 1 fully saturated rings. The number of fused-ring (bicyclic) bond motifs is 1. The summed E-state index contributed by atoms with van der Waals surface area (Å²) in [6, 6.07) is 14.2. The fourth-order valence-corrected chi connectivity index (χ4v) is 2.36. The van der Waals surface area contributed by atoms with E-state index < -0.39 is 12.3 Å². The van der Waals surface area contributed by atoms with Gasteiger partial charge in [0.1, 0.15) is 12.7 Å². The molecule has 0 N–H and O–H groups in total. The third-order valence-electron chi connectivity index (χ3n) is 3.54. The van der Waals surface area contributed by atoms with Gasteiger partial charge < -0.3 is 14.2 Å². The largest absolute Gasteiger partial charge is 0.459 e. The summed E-state index contributed by atoms with van der Waals surface area (Å²) in [5.74, 6) is -0.405. The van der Waals surface area contributed by atoms with Crippen LogP contribution in [0.2, 0.25) is 0 Å². The van der Waals surface area contributed by atoms with Crippen molar-refractivity contribution in [3.05, 3.63) is 60.2 Å². The fraction of sp³-hybridized carbons (Fsp3) is 0.278. The topological polar surface area (TPSA) is 44.8 Å². The molecule has 2 aromatic carbocycles. The summed E-state index contributed by atoms with van der Waals surface area (Å²) in [5.41, 5.74) is 1.34. The molecule has 4 heteroatoms. The highest BCUT2D eigenvalue weighted by molar-refractivity contribution is 5.87. The molecule has 22 heavy (non-hydrogen) atoms. The molecule has 0 radical (unpaired) electrons. The van der Waals surface area contributed by atoms with Crippen molar-refractivity contribution >= 4 is 16.7 Å². The minimum absolute atomic E-state index is 0.176. The van der Waals surface area contributed by atoms with E-state index in [1.54, 1.807) is 6.92 Å². The van der Waals surface area contributed by atoms with Gasteiger partial charge in [-0.1, -0.05) is 43.0 Å². The normalized spacial score (nSPS) is 21.0. The zero-order valence-electron chi connectivity index (χ0n) is 12.5. The van der Waals surface area contributed by atoms with Crippen LogP contribution in [-0.2, 0) is 19.0 Å². The van der Waals surface area contributed by atoms with Crippen molar-refractivity contribution in [1.29, 1.82) is 0 Å². The van der Waals surface area contributed by atoms with Crippen LogP contribution in [0.25, 0.3) is 10.8 Å². The molecule has 2 atom stereocenters. The van der Waals surface area contributed by atoms with Gasteiger partial charge >= 0.3 is 5.97 Å².